The summed E-state index contributed by atoms with van der Waals surface area (Å²) in [7, 11) is -4.42. The highest BCUT2D eigenvalue weighted by molar-refractivity contribution is 6.74. The first-order chi connectivity index (χ1) is 15.0. The normalized spacial score (nSPS) is 25.2. The lowest BCUT2D eigenvalue weighted by Gasteiger charge is -2.44. The Morgan fingerprint density at radius 2 is 1.52 bits per heavy atom. The first-order valence-electron chi connectivity index (χ1n) is 11.5. The molecule has 0 unspecified atom stereocenters. The van der Waals surface area contributed by atoms with E-state index in [2.05, 4.69) is 82.7 Å². The van der Waals surface area contributed by atoms with Gasteiger partial charge in [0, 0.05) is 0 Å². The molecule has 1 saturated heterocycles. The minimum Gasteiger partial charge on any atom is -0.408 e. The van der Waals surface area contributed by atoms with E-state index < -0.39 is 41.2 Å². The van der Waals surface area contributed by atoms with Gasteiger partial charge in [0.15, 0.2) is 34.3 Å². The molecule has 0 saturated carbocycles. The van der Waals surface area contributed by atoms with Crippen LogP contribution in [-0.4, -0.2) is 66.2 Å². The highest BCUT2D eigenvalue weighted by Gasteiger charge is 2.54. The molecular weight excluding hydrogens is 454 g/mol. The van der Waals surface area contributed by atoms with Gasteiger partial charge in [0.05, 0.1) is 12.9 Å². The van der Waals surface area contributed by atoms with E-state index in [0.717, 1.165) is 0 Å². The van der Waals surface area contributed by atoms with Gasteiger partial charge < -0.3 is 24.4 Å². The van der Waals surface area contributed by atoms with E-state index in [9.17, 15) is 5.11 Å². The van der Waals surface area contributed by atoms with Crippen LogP contribution < -0.4 is 5.73 Å². The minimum atomic E-state index is -2.23. The summed E-state index contributed by atoms with van der Waals surface area (Å²) >= 11 is 0. The lowest BCUT2D eigenvalue weighted by molar-refractivity contribution is -0.0491. The van der Waals surface area contributed by atoms with Crippen molar-refractivity contribution in [2.45, 2.75) is 102 Å². The number of hydrogen-bond acceptors (Lipinski definition) is 8. The van der Waals surface area contributed by atoms with Crippen LogP contribution in [0, 0.1) is 0 Å². The van der Waals surface area contributed by atoms with Crippen LogP contribution in [0.2, 0.25) is 36.3 Å². The van der Waals surface area contributed by atoms with Crippen LogP contribution in [0.25, 0.3) is 11.2 Å². The molecule has 0 spiro atoms. The van der Waals surface area contributed by atoms with E-state index in [1.165, 1.54) is 6.33 Å². The molecule has 0 aromatic carbocycles. The molecule has 1 aliphatic rings. The third-order valence-corrected chi connectivity index (χ3v) is 16.5. The predicted octanol–water partition coefficient (Wildman–Crippen LogP) is 4.08. The number of anilines is 1. The molecule has 4 atom stereocenters. The zero-order valence-corrected chi connectivity index (χ0v) is 23.7. The van der Waals surface area contributed by atoms with Crippen molar-refractivity contribution in [3.05, 3.63) is 12.7 Å². The molecule has 3 N–H and O–H groups in total. The molecule has 11 heteroatoms. The van der Waals surface area contributed by atoms with Crippen molar-refractivity contribution >= 4 is 33.6 Å². The van der Waals surface area contributed by atoms with Crippen molar-refractivity contribution in [3.63, 3.8) is 0 Å². The summed E-state index contributed by atoms with van der Waals surface area (Å²) in [6.45, 7) is 21.9. The van der Waals surface area contributed by atoms with Crippen LogP contribution in [0.5, 0.6) is 0 Å². The second-order valence-corrected chi connectivity index (χ2v) is 21.5. The lowest BCUT2D eigenvalue weighted by Crippen LogP contribution is -2.53. The maximum Gasteiger partial charge on any atom is 0.192 e. The largest absolute Gasteiger partial charge is 0.408 e. The van der Waals surface area contributed by atoms with E-state index in [-0.39, 0.29) is 16.7 Å². The molecule has 2 aromatic rings. The van der Waals surface area contributed by atoms with Gasteiger partial charge in [-0.2, -0.15) is 0 Å². The monoisotopic (exact) mass is 495 g/mol. The number of rotatable bonds is 6. The third-order valence-electron chi connectivity index (χ3n) is 7.60. The average molecular weight is 496 g/mol. The van der Waals surface area contributed by atoms with Gasteiger partial charge in [-0.05, 0) is 36.3 Å². The number of nitrogens with two attached hydrogens (primary N) is 1. The van der Waals surface area contributed by atoms with Gasteiger partial charge in [-0.3, -0.25) is 4.57 Å². The average Bonchev–Trinajstić information content (AvgIpc) is 3.22. The standard InChI is InChI=1S/C22H41N5O4Si2/c1-21(2,3)32(7,8)30-16-14(11-28)29-20(17(16)31-33(9,10)22(4,5)6)27-13-26-15-18(23)24-12-25-19(15)27/h12-14,16-17,20,28H,11H2,1-10H3,(H2,23,24,25)/t14-,16-,17+,20-/m1/s1. The van der Waals surface area contributed by atoms with Gasteiger partial charge in [0.1, 0.15) is 30.2 Å². The van der Waals surface area contributed by atoms with Crippen LogP contribution in [0.3, 0.4) is 0 Å². The van der Waals surface area contributed by atoms with Crippen LogP contribution in [-0.2, 0) is 13.6 Å². The molecule has 1 fully saturated rings. The Balaban J connectivity index is 2.10. The van der Waals surface area contributed by atoms with Gasteiger partial charge in [-0.15, -0.1) is 0 Å². The third kappa shape index (κ3) is 4.89. The highest BCUT2D eigenvalue weighted by atomic mass is 28.4. The lowest BCUT2D eigenvalue weighted by atomic mass is 10.1. The highest BCUT2D eigenvalue weighted by Crippen LogP contribution is 2.46. The van der Waals surface area contributed by atoms with Crippen molar-refractivity contribution in [2.24, 2.45) is 0 Å². The summed E-state index contributed by atoms with van der Waals surface area (Å²) in [5.41, 5.74) is 7.11. The second-order valence-electron chi connectivity index (χ2n) is 12.0. The molecule has 9 nitrogen and oxygen atoms in total. The zero-order valence-electron chi connectivity index (χ0n) is 21.7. The summed E-state index contributed by atoms with van der Waals surface area (Å²) in [6, 6.07) is 0. The first kappa shape index (κ1) is 26.2. The summed E-state index contributed by atoms with van der Waals surface area (Å²) < 4.78 is 22.1. The molecule has 2 aromatic heterocycles. The molecule has 1 aliphatic heterocycles. The number of aliphatic hydroxyl groups excluding tert-OH is 1. The number of nitrogen functional groups attached to an aromatic ring is 1. The summed E-state index contributed by atoms with van der Waals surface area (Å²) in [6.07, 6.45) is 1.12. The van der Waals surface area contributed by atoms with Gasteiger partial charge in [0.2, 0.25) is 0 Å². The Kier molecular flexibility index (Phi) is 6.90. The molecule has 0 amide bonds. The van der Waals surface area contributed by atoms with Gasteiger partial charge in [-0.25, -0.2) is 15.0 Å². The number of fused-ring (bicyclic) bond motifs is 1. The maximum absolute atomic E-state index is 10.3. The zero-order chi connectivity index (χ0) is 25.0. The second kappa shape index (κ2) is 8.69. The fourth-order valence-corrected chi connectivity index (χ4v) is 6.04. The Morgan fingerprint density at radius 1 is 0.970 bits per heavy atom. The molecule has 3 rings (SSSR count). The topological polar surface area (TPSA) is 118 Å². The maximum atomic E-state index is 10.3. The van der Waals surface area contributed by atoms with E-state index in [0.29, 0.717) is 17.0 Å². The van der Waals surface area contributed by atoms with Crippen molar-refractivity contribution in [2.75, 3.05) is 12.3 Å². The van der Waals surface area contributed by atoms with Gasteiger partial charge in [-0.1, -0.05) is 41.5 Å². The molecule has 186 valence electrons. The Labute approximate surface area is 199 Å². The molecule has 33 heavy (non-hydrogen) atoms. The van der Waals surface area contributed by atoms with E-state index >= 15 is 0 Å². The van der Waals surface area contributed by atoms with E-state index in [1.807, 2.05) is 4.57 Å². The smallest absolute Gasteiger partial charge is 0.192 e. The Bertz CT molecular complexity index is 983. The SMILES string of the molecule is CC(C)(C)[Si](C)(C)O[C@H]1[C@H](O[Si](C)(C)C(C)(C)C)[C@@H](CO)O[C@H]1n1cnc2c(N)ncnc21. The van der Waals surface area contributed by atoms with Crippen molar-refractivity contribution < 1.29 is 18.7 Å². The first-order valence-corrected chi connectivity index (χ1v) is 17.4. The predicted molar refractivity (Wildman–Crippen MR) is 135 cm³/mol. The van der Waals surface area contributed by atoms with Crippen LogP contribution in [0.4, 0.5) is 5.82 Å². The Morgan fingerprint density at radius 3 is 2.03 bits per heavy atom. The van der Waals surface area contributed by atoms with Gasteiger partial charge in [0.25, 0.3) is 0 Å². The van der Waals surface area contributed by atoms with Crippen molar-refractivity contribution in [1.29, 1.82) is 0 Å². The van der Waals surface area contributed by atoms with Crippen LogP contribution in [0.1, 0.15) is 47.8 Å². The fraction of sp³-hybridized carbons (Fsp3) is 0.773. The molecule has 0 radical (unpaired) electrons. The fourth-order valence-electron chi connectivity index (χ4n) is 3.44. The Hall–Kier alpha value is -1.38. The molecular formula is C22H41N5O4Si2. The summed E-state index contributed by atoms with van der Waals surface area (Å²) in [5, 5.41) is 10.3. The van der Waals surface area contributed by atoms with Crippen LogP contribution in [0.15, 0.2) is 12.7 Å². The molecule has 3 heterocycles. The molecule has 0 aliphatic carbocycles. The summed E-state index contributed by atoms with van der Waals surface area (Å²) in [4.78, 5) is 12.9. The van der Waals surface area contributed by atoms with Crippen LogP contribution >= 0.6 is 0 Å². The van der Waals surface area contributed by atoms with Crippen molar-refractivity contribution in [3.8, 4) is 0 Å². The molecule has 0 bridgehead atoms. The quantitative estimate of drug-likeness (QED) is 0.576. The number of ether oxygens (including phenoxy) is 1. The van der Waals surface area contributed by atoms with E-state index in [4.69, 9.17) is 19.3 Å². The number of nitrogens with zero attached hydrogens (tertiary/aromatic N) is 4. The van der Waals surface area contributed by atoms with E-state index in [1.54, 1.807) is 6.33 Å². The number of hydrogen-bond donors (Lipinski definition) is 2. The summed E-state index contributed by atoms with van der Waals surface area (Å²) in [5.74, 6) is 0.311. The minimum absolute atomic E-state index is 0.00397. The number of aromatic nitrogens is 4. The van der Waals surface area contributed by atoms with Crippen molar-refractivity contribution in [1.82, 2.24) is 19.5 Å². The van der Waals surface area contributed by atoms with Gasteiger partial charge >= 0.3 is 0 Å². The number of imidazole rings is 1. The number of aliphatic hydroxyl groups is 1.